The summed E-state index contributed by atoms with van der Waals surface area (Å²) in [5.74, 6) is 0. The summed E-state index contributed by atoms with van der Waals surface area (Å²) in [6.07, 6.45) is 6.73. The minimum atomic E-state index is 0.431. The molecule has 0 aromatic carbocycles. The minimum absolute atomic E-state index is 0.431. The van der Waals surface area contributed by atoms with Crippen molar-refractivity contribution < 1.29 is 9.53 Å². The van der Waals surface area contributed by atoms with Crippen molar-refractivity contribution in [1.29, 1.82) is 0 Å². The van der Waals surface area contributed by atoms with Gasteiger partial charge in [0.05, 0.1) is 6.61 Å². The van der Waals surface area contributed by atoms with Gasteiger partial charge in [0.1, 0.15) is 0 Å². The van der Waals surface area contributed by atoms with Crippen LogP contribution >= 0.6 is 0 Å². The van der Waals surface area contributed by atoms with Crippen LogP contribution in [0.25, 0.3) is 0 Å². The topological polar surface area (TPSA) is 38.3 Å². The van der Waals surface area contributed by atoms with Crippen LogP contribution in [0, 0.1) is 0 Å². The smallest absolute Gasteiger partial charge is 0.293 e. The van der Waals surface area contributed by atoms with Crippen LogP contribution in [-0.2, 0) is 9.53 Å². The Labute approximate surface area is 67.4 Å². The first kappa shape index (κ1) is 10.0. The molecule has 1 N–H and O–H groups in total. The summed E-state index contributed by atoms with van der Waals surface area (Å²) in [6, 6.07) is 0. The van der Waals surface area contributed by atoms with E-state index < -0.39 is 0 Å². The van der Waals surface area contributed by atoms with E-state index in [1.54, 1.807) is 6.92 Å². The monoisotopic (exact) mass is 157 g/mol. The average molecular weight is 157 g/mol. The van der Waals surface area contributed by atoms with E-state index in [2.05, 4.69) is 16.1 Å². The Bertz CT molecular complexity index is 105. The van der Waals surface area contributed by atoms with E-state index in [1.807, 2.05) is 6.20 Å². The number of ether oxygens (including phenoxy) is 1. The van der Waals surface area contributed by atoms with Gasteiger partial charge >= 0.3 is 0 Å². The SMILES string of the molecule is C1=CNCCC1.CCOC=O. The summed E-state index contributed by atoms with van der Waals surface area (Å²) in [5.41, 5.74) is 0. The number of allylic oxidation sites excluding steroid dienone is 1. The van der Waals surface area contributed by atoms with Gasteiger partial charge in [-0.15, -0.1) is 0 Å². The Hall–Kier alpha value is -0.990. The van der Waals surface area contributed by atoms with Crippen LogP contribution < -0.4 is 5.32 Å². The van der Waals surface area contributed by atoms with Crippen LogP contribution in [-0.4, -0.2) is 19.6 Å². The van der Waals surface area contributed by atoms with E-state index in [0.717, 1.165) is 6.54 Å². The first-order valence-corrected chi connectivity index (χ1v) is 3.85. The predicted octanol–water partition coefficient (Wildman–Crippen LogP) is 1.06. The van der Waals surface area contributed by atoms with Gasteiger partial charge < -0.3 is 10.1 Å². The molecule has 0 spiro atoms. The third-order valence-electron chi connectivity index (χ3n) is 1.16. The number of carbonyl (C=O) groups excluding carboxylic acids is 1. The van der Waals surface area contributed by atoms with Gasteiger partial charge in [0.15, 0.2) is 0 Å². The Morgan fingerprint density at radius 1 is 1.73 bits per heavy atom. The summed E-state index contributed by atoms with van der Waals surface area (Å²) in [6.45, 7) is 3.83. The highest BCUT2D eigenvalue weighted by Gasteiger charge is 1.84. The fourth-order valence-electron chi connectivity index (χ4n) is 0.640. The molecule has 0 aromatic rings. The standard InChI is InChI=1S/C5H9N.C3H6O2/c1-2-4-6-5-3-1;1-2-5-3-4/h2,4,6H,1,3,5H2;3H,2H2,1H3. The lowest BCUT2D eigenvalue weighted by molar-refractivity contribution is -0.128. The maximum atomic E-state index is 9.18. The molecule has 3 nitrogen and oxygen atoms in total. The molecule has 1 rings (SSSR count). The van der Waals surface area contributed by atoms with Gasteiger partial charge in [-0.3, -0.25) is 4.79 Å². The molecule has 0 saturated heterocycles. The van der Waals surface area contributed by atoms with Gasteiger partial charge in [-0.05, 0) is 26.0 Å². The van der Waals surface area contributed by atoms with E-state index in [9.17, 15) is 4.79 Å². The summed E-state index contributed by atoms with van der Waals surface area (Å²) < 4.78 is 4.15. The lowest BCUT2D eigenvalue weighted by atomic mass is 10.2. The van der Waals surface area contributed by atoms with Crippen molar-refractivity contribution in [2.45, 2.75) is 19.8 Å². The number of hydrogen-bond donors (Lipinski definition) is 1. The lowest BCUT2D eigenvalue weighted by Crippen LogP contribution is -2.09. The normalized spacial score (nSPS) is 13.9. The van der Waals surface area contributed by atoms with Gasteiger partial charge in [0, 0.05) is 6.54 Å². The van der Waals surface area contributed by atoms with E-state index in [-0.39, 0.29) is 0 Å². The molecule has 0 bridgehead atoms. The second-order valence-corrected chi connectivity index (χ2v) is 2.05. The molecule has 0 aliphatic carbocycles. The molecule has 0 saturated carbocycles. The Morgan fingerprint density at radius 2 is 2.55 bits per heavy atom. The first-order valence-electron chi connectivity index (χ1n) is 3.85. The largest absolute Gasteiger partial charge is 0.468 e. The molecule has 0 fully saturated rings. The number of carbonyl (C=O) groups is 1. The molecule has 0 unspecified atom stereocenters. The molecule has 0 atom stereocenters. The third kappa shape index (κ3) is 9.01. The van der Waals surface area contributed by atoms with Crippen molar-refractivity contribution in [3.05, 3.63) is 12.3 Å². The van der Waals surface area contributed by atoms with Crippen molar-refractivity contribution in [3.8, 4) is 0 Å². The zero-order chi connectivity index (χ0) is 8.36. The Balaban J connectivity index is 0.000000187. The Morgan fingerprint density at radius 3 is 2.64 bits per heavy atom. The van der Waals surface area contributed by atoms with Gasteiger partial charge in [0.25, 0.3) is 6.47 Å². The molecular formula is C8H15NO2. The first-order chi connectivity index (χ1) is 5.41. The van der Waals surface area contributed by atoms with E-state index >= 15 is 0 Å². The van der Waals surface area contributed by atoms with E-state index in [1.165, 1.54) is 12.8 Å². The quantitative estimate of drug-likeness (QED) is 0.609. The number of nitrogens with one attached hydrogen (secondary N) is 1. The van der Waals surface area contributed by atoms with Gasteiger partial charge in [-0.1, -0.05) is 6.08 Å². The fourth-order valence-corrected chi connectivity index (χ4v) is 0.640. The maximum absolute atomic E-state index is 9.18. The van der Waals surface area contributed by atoms with Gasteiger partial charge in [-0.25, -0.2) is 0 Å². The van der Waals surface area contributed by atoms with E-state index in [0.29, 0.717) is 13.1 Å². The second-order valence-electron chi connectivity index (χ2n) is 2.05. The van der Waals surface area contributed by atoms with Crippen molar-refractivity contribution >= 4 is 6.47 Å². The van der Waals surface area contributed by atoms with Crippen LogP contribution in [0.1, 0.15) is 19.8 Å². The fraction of sp³-hybridized carbons (Fsp3) is 0.625. The van der Waals surface area contributed by atoms with Gasteiger partial charge in [0.2, 0.25) is 0 Å². The average Bonchev–Trinajstić information content (AvgIpc) is 2.10. The maximum Gasteiger partial charge on any atom is 0.293 e. The van der Waals surface area contributed by atoms with Crippen molar-refractivity contribution in [1.82, 2.24) is 5.32 Å². The summed E-state index contributed by atoms with van der Waals surface area (Å²) in [5, 5.41) is 3.10. The molecule has 64 valence electrons. The summed E-state index contributed by atoms with van der Waals surface area (Å²) >= 11 is 0. The highest BCUT2D eigenvalue weighted by molar-refractivity contribution is 5.36. The zero-order valence-corrected chi connectivity index (χ0v) is 6.88. The Kier molecular flexibility index (Phi) is 8.20. The number of rotatable bonds is 2. The van der Waals surface area contributed by atoms with Crippen molar-refractivity contribution in [2.24, 2.45) is 0 Å². The van der Waals surface area contributed by atoms with E-state index in [4.69, 9.17) is 0 Å². The molecule has 3 heteroatoms. The number of hydrogen-bond acceptors (Lipinski definition) is 3. The summed E-state index contributed by atoms with van der Waals surface area (Å²) in [4.78, 5) is 9.18. The second kappa shape index (κ2) is 9.01. The molecule has 1 heterocycles. The molecule has 0 amide bonds. The van der Waals surface area contributed by atoms with Crippen LogP contribution in [0.4, 0.5) is 0 Å². The lowest BCUT2D eigenvalue weighted by Gasteiger charge is -2.02. The van der Waals surface area contributed by atoms with Crippen LogP contribution in [0.15, 0.2) is 12.3 Å². The molecule has 1 aliphatic rings. The van der Waals surface area contributed by atoms with Crippen molar-refractivity contribution in [3.63, 3.8) is 0 Å². The molecule has 0 aromatic heterocycles. The van der Waals surface area contributed by atoms with Crippen LogP contribution in [0.2, 0.25) is 0 Å². The zero-order valence-electron chi connectivity index (χ0n) is 6.88. The molecule has 1 aliphatic heterocycles. The van der Waals surface area contributed by atoms with Crippen LogP contribution in [0.5, 0.6) is 0 Å². The van der Waals surface area contributed by atoms with Crippen LogP contribution in [0.3, 0.4) is 0 Å². The molecular weight excluding hydrogens is 142 g/mol. The predicted molar refractivity (Wildman–Crippen MR) is 44.1 cm³/mol. The highest BCUT2D eigenvalue weighted by atomic mass is 16.5. The van der Waals surface area contributed by atoms with Gasteiger partial charge in [-0.2, -0.15) is 0 Å². The summed E-state index contributed by atoms with van der Waals surface area (Å²) in [7, 11) is 0. The molecule has 11 heavy (non-hydrogen) atoms. The third-order valence-corrected chi connectivity index (χ3v) is 1.16. The van der Waals surface area contributed by atoms with Crippen molar-refractivity contribution in [2.75, 3.05) is 13.2 Å². The molecule has 0 radical (unpaired) electrons. The highest BCUT2D eigenvalue weighted by Crippen LogP contribution is 1.91. The minimum Gasteiger partial charge on any atom is -0.468 e.